The van der Waals surface area contributed by atoms with Gasteiger partial charge in [-0.3, -0.25) is 9.59 Å². The van der Waals surface area contributed by atoms with Crippen molar-refractivity contribution < 1.29 is 9.59 Å². The van der Waals surface area contributed by atoms with Gasteiger partial charge in [-0.2, -0.15) is 0 Å². The third-order valence-corrected chi connectivity index (χ3v) is 5.62. The molecule has 0 aliphatic heterocycles. The Morgan fingerprint density at radius 2 is 1.44 bits per heavy atom. The van der Waals surface area contributed by atoms with Crippen LogP contribution in [0.2, 0.25) is 0 Å². The quantitative estimate of drug-likeness (QED) is 0.509. The Morgan fingerprint density at radius 1 is 0.844 bits per heavy atom. The van der Waals surface area contributed by atoms with Crippen LogP contribution in [0.5, 0.6) is 0 Å². The van der Waals surface area contributed by atoms with E-state index in [9.17, 15) is 9.59 Å². The summed E-state index contributed by atoms with van der Waals surface area (Å²) >= 11 is 0. The van der Waals surface area contributed by atoms with Crippen LogP contribution in [0.1, 0.15) is 35.6 Å². The minimum absolute atomic E-state index is 0.0456. The monoisotopic (exact) mass is 428 g/mol. The lowest BCUT2D eigenvalue weighted by molar-refractivity contribution is -0.140. The molecule has 0 aromatic heterocycles. The van der Waals surface area contributed by atoms with E-state index in [-0.39, 0.29) is 18.2 Å². The van der Waals surface area contributed by atoms with Gasteiger partial charge in [-0.15, -0.1) is 0 Å². The van der Waals surface area contributed by atoms with Gasteiger partial charge in [0.05, 0.1) is 6.42 Å². The number of aryl methyl sites for hydroxylation is 1. The van der Waals surface area contributed by atoms with Crippen LogP contribution < -0.4 is 5.32 Å². The van der Waals surface area contributed by atoms with E-state index in [0.717, 1.165) is 28.7 Å². The predicted octanol–water partition coefficient (Wildman–Crippen LogP) is 4.70. The van der Waals surface area contributed by atoms with E-state index in [1.54, 1.807) is 4.90 Å². The number of benzene rings is 3. The number of amides is 2. The molecule has 3 rings (SSSR count). The fourth-order valence-corrected chi connectivity index (χ4v) is 3.77. The lowest BCUT2D eigenvalue weighted by atomic mass is 10.00. The molecule has 0 bridgehead atoms. The fraction of sp³-hybridized carbons (Fsp3) is 0.286. The number of nitrogens with zero attached hydrogens (tertiary/aromatic N) is 1. The summed E-state index contributed by atoms with van der Waals surface area (Å²) in [5, 5.41) is 3.02. The van der Waals surface area contributed by atoms with E-state index < -0.39 is 6.04 Å². The molecule has 3 aromatic rings. The fourth-order valence-electron chi connectivity index (χ4n) is 3.77. The molecule has 4 nitrogen and oxygen atoms in total. The van der Waals surface area contributed by atoms with Crippen LogP contribution in [-0.2, 0) is 29.0 Å². The maximum absolute atomic E-state index is 13.6. The van der Waals surface area contributed by atoms with Crippen molar-refractivity contribution in [1.29, 1.82) is 0 Å². The minimum Gasteiger partial charge on any atom is -0.354 e. The van der Waals surface area contributed by atoms with E-state index in [0.29, 0.717) is 19.5 Å². The lowest BCUT2D eigenvalue weighted by Crippen LogP contribution is -2.51. The molecule has 1 atom stereocenters. The van der Waals surface area contributed by atoms with Crippen molar-refractivity contribution in [3.8, 4) is 0 Å². The van der Waals surface area contributed by atoms with Crippen molar-refractivity contribution >= 4 is 11.8 Å². The zero-order valence-corrected chi connectivity index (χ0v) is 19.0. The molecule has 1 N–H and O–H groups in total. The van der Waals surface area contributed by atoms with Crippen LogP contribution in [0.4, 0.5) is 0 Å². The molecule has 0 spiro atoms. The van der Waals surface area contributed by atoms with Crippen molar-refractivity contribution in [2.45, 2.75) is 45.7 Å². The highest BCUT2D eigenvalue weighted by Crippen LogP contribution is 2.17. The number of nitrogens with one attached hydrogen (secondary N) is 1. The van der Waals surface area contributed by atoms with Gasteiger partial charge < -0.3 is 10.2 Å². The van der Waals surface area contributed by atoms with Crippen molar-refractivity contribution in [3.05, 3.63) is 107 Å². The van der Waals surface area contributed by atoms with Crippen molar-refractivity contribution in [3.63, 3.8) is 0 Å². The first-order chi connectivity index (χ1) is 15.6. The standard InChI is InChI=1S/C28H32N2O2/c1-3-18-29-28(32)26(19-23-13-6-4-7-14-23)30(21-24-15-8-5-9-16-24)27(31)20-25-17-11-10-12-22(25)2/h4-17,26H,3,18-21H2,1-2H3,(H,29,32)/t26-/m0/s1. The molecule has 3 aromatic carbocycles. The molecule has 0 aliphatic carbocycles. The molecular weight excluding hydrogens is 396 g/mol. The van der Waals surface area contributed by atoms with Crippen LogP contribution in [0, 0.1) is 6.92 Å². The number of carbonyl (C=O) groups excluding carboxylic acids is 2. The number of rotatable bonds is 10. The minimum atomic E-state index is -0.583. The highest BCUT2D eigenvalue weighted by atomic mass is 16.2. The summed E-state index contributed by atoms with van der Waals surface area (Å²) in [5.41, 5.74) is 4.11. The van der Waals surface area contributed by atoms with Crippen molar-refractivity contribution in [2.75, 3.05) is 6.54 Å². The van der Waals surface area contributed by atoms with Crippen LogP contribution in [0.15, 0.2) is 84.9 Å². The highest BCUT2D eigenvalue weighted by Gasteiger charge is 2.30. The summed E-state index contributed by atoms with van der Waals surface area (Å²) in [5.74, 6) is -0.152. The van der Waals surface area contributed by atoms with Crippen molar-refractivity contribution in [1.82, 2.24) is 10.2 Å². The second-order valence-electron chi connectivity index (χ2n) is 8.11. The number of hydrogen-bond donors (Lipinski definition) is 1. The Morgan fingerprint density at radius 3 is 2.06 bits per heavy atom. The van der Waals surface area contributed by atoms with Gasteiger partial charge in [-0.25, -0.2) is 0 Å². The zero-order valence-electron chi connectivity index (χ0n) is 19.0. The van der Waals surface area contributed by atoms with Crippen LogP contribution in [0.3, 0.4) is 0 Å². The van der Waals surface area contributed by atoms with E-state index >= 15 is 0 Å². The van der Waals surface area contributed by atoms with Crippen LogP contribution in [0.25, 0.3) is 0 Å². The van der Waals surface area contributed by atoms with Gasteiger partial charge in [0.2, 0.25) is 11.8 Å². The summed E-state index contributed by atoms with van der Waals surface area (Å²) in [4.78, 5) is 28.6. The van der Waals surface area contributed by atoms with Gasteiger partial charge in [0, 0.05) is 19.5 Å². The van der Waals surface area contributed by atoms with Crippen LogP contribution in [-0.4, -0.2) is 29.3 Å². The molecule has 32 heavy (non-hydrogen) atoms. The summed E-state index contributed by atoms with van der Waals surface area (Å²) in [6.07, 6.45) is 1.59. The first kappa shape index (κ1) is 23.3. The van der Waals surface area contributed by atoms with Gasteiger partial charge in [0.25, 0.3) is 0 Å². The van der Waals surface area contributed by atoms with E-state index in [4.69, 9.17) is 0 Å². The number of hydrogen-bond acceptors (Lipinski definition) is 2. The predicted molar refractivity (Wildman–Crippen MR) is 129 cm³/mol. The Kier molecular flexibility index (Phi) is 8.61. The Balaban J connectivity index is 1.94. The summed E-state index contributed by atoms with van der Waals surface area (Å²) in [6, 6.07) is 27.1. The normalized spacial score (nSPS) is 11.6. The Labute approximate surface area is 191 Å². The first-order valence-corrected chi connectivity index (χ1v) is 11.3. The second-order valence-corrected chi connectivity index (χ2v) is 8.11. The molecule has 0 unspecified atom stereocenters. The second kappa shape index (κ2) is 11.8. The van der Waals surface area contributed by atoms with Gasteiger partial charge in [-0.1, -0.05) is 91.9 Å². The topological polar surface area (TPSA) is 49.4 Å². The average Bonchev–Trinajstić information content (AvgIpc) is 2.82. The van der Waals surface area contributed by atoms with E-state index in [1.807, 2.05) is 98.8 Å². The Hall–Kier alpha value is -3.40. The smallest absolute Gasteiger partial charge is 0.243 e. The third-order valence-electron chi connectivity index (χ3n) is 5.62. The average molecular weight is 429 g/mol. The summed E-state index contributed by atoms with van der Waals surface area (Å²) in [7, 11) is 0. The SMILES string of the molecule is CCCNC(=O)[C@H](Cc1ccccc1)N(Cc1ccccc1)C(=O)Cc1ccccc1C. The molecule has 166 valence electrons. The van der Waals surface area contributed by atoms with Gasteiger partial charge in [0.1, 0.15) is 6.04 Å². The van der Waals surface area contributed by atoms with Crippen LogP contribution >= 0.6 is 0 Å². The van der Waals surface area contributed by atoms with Crippen molar-refractivity contribution in [2.24, 2.45) is 0 Å². The lowest BCUT2D eigenvalue weighted by Gasteiger charge is -2.32. The third kappa shape index (κ3) is 6.55. The maximum atomic E-state index is 13.6. The molecule has 0 saturated heterocycles. The molecule has 0 radical (unpaired) electrons. The van der Waals surface area contributed by atoms with Gasteiger partial charge in [0.15, 0.2) is 0 Å². The van der Waals surface area contributed by atoms with Gasteiger partial charge in [-0.05, 0) is 35.6 Å². The zero-order chi connectivity index (χ0) is 22.8. The molecule has 0 saturated carbocycles. The molecule has 4 heteroatoms. The Bertz CT molecular complexity index is 1000. The highest BCUT2D eigenvalue weighted by molar-refractivity contribution is 5.89. The largest absolute Gasteiger partial charge is 0.354 e. The molecule has 0 fully saturated rings. The van der Waals surface area contributed by atoms with E-state index in [1.165, 1.54) is 0 Å². The van der Waals surface area contributed by atoms with E-state index in [2.05, 4.69) is 5.32 Å². The summed E-state index contributed by atoms with van der Waals surface area (Å²) < 4.78 is 0. The molecule has 2 amide bonds. The summed E-state index contributed by atoms with van der Waals surface area (Å²) in [6.45, 7) is 5.02. The molecule has 0 heterocycles. The first-order valence-electron chi connectivity index (χ1n) is 11.3. The maximum Gasteiger partial charge on any atom is 0.243 e. The van der Waals surface area contributed by atoms with Gasteiger partial charge >= 0.3 is 0 Å². The molecule has 0 aliphatic rings. The number of carbonyl (C=O) groups is 2. The molecular formula is C28H32N2O2.